The van der Waals surface area contributed by atoms with Crippen LogP contribution in [0.2, 0.25) is 0 Å². The Labute approximate surface area is 177 Å². The van der Waals surface area contributed by atoms with Gasteiger partial charge in [-0.3, -0.25) is 9.46 Å². The van der Waals surface area contributed by atoms with Crippen molar-refractivity contribution in [1.29, 1.82) is 0 Å². The molecule has 1 aromatic rings. The van der Waals surface area contributed by atoms with Gasteiger partial charge in [0.2, 0.25) is 0 Å². The second-order valence-corrected chi connectivity index (χ2v) is 11.6. The molecule has 0 saturated carbocycles. The molecule has 2 N–H and O–H groups in total. The van der Waals surface area contributed by atoms with Crippen molar-refractivity contribution in [3.05, 3.63) is 24.3 Å². The van der Waals surface area contributed by atoms with Crippen LogP contribution in [-0.2, 0) is 31.1 Å². The molecule has 164 valence electrons. The number of amides is 2. The fourth-order valence-corrected chi connectivity index (χ4v) is 4.94. The highest BCUT2D eigenvalue weighted by molar-refractivity contribution is 8.10. The lowest BCUT2D eigenvalue weighted by Gasteiger charge is -2.30. The zero-order chi connectivity index (χ0) is 22.1. The summed E-state index contributed by atoms with van der Waals surface area (Å²) in [5, 5.41) is 2.67. The average molecular weight is 466 g/mol. The number of rotatable bonds is 11. The number of benzene rings is 1. The fourth-order valence-electron chi connectivity index (χ4n) is 2.25. The van der Waals surface area contributed by atoms with E-state index in [0.29, 0.717) is 12.2 Å². The standard InChI is InChI=1S/C17H28N3O6PS2/c1-5-6-7-8-9-16(21)26-27(28,18-2)20(3)17(22)19-29(23,24)15-12-10-14(25-4)11-13-15/h10-13H,5-9H2,1-4H3,(H,18,28)(H,19,22). The first-order valence-electron chi connectivity index (χ1n) is 9.06. The summed E-state index contributed by atoms with van der Waals surface area (Å²) in [4.78, 5) is 24.4. The van der Waals surface area contributed by atoms with Crippen LogP contribution in [0.5, 0.6) is 5.75 Å². The number of carbonyl (C=O) groups excluding carboxylic acids is 2. The Morgan fingerprint density at radius 1 is 1.17 bits per heavy atom. The molecule has 0 radical (unpaired) electrons. The highest BCUT2D eigenvalue weighted by Crippen LogP contribution is 2.45. The minimum atomic E-state index is -4.14. The smallest absolute Gasteiger partial charge is 0.338 e. The van der Waals surface area contributed by atoms with Crippen molar-refractivity contribution in [1.82, 2.24) is 14.5 Å². The Balaban J connectivity index is 2.81. The van der Waals surface area contributed by atoms with Gasteiger partial charge in [0.15, 0.2) is 0 Å². The lowest BCUT2D eigenvalue weighted by atomic mass is 10.2. The monoisotopic (exact) mass is 465 g/mol. The number of unbranched alkanes of at least 4 members (excludes halogenated alkanes) is 3. The molecule has 0 saturated heterocycles. The highest BCUT2D eigenvalue weighted by Gasteiger charge is 2.32. The molecule has 1 aromatic carbocycles. The molecule has 9 nitrogen and oxygen atoms in total. The molecule has 12 heteroatoms. The molecule has 1 atom stereocenters. The molecule has 0 spiro atoms. The van der Waals surface area contributed by atoms with Crippen molar-refractivity contribution < 1.29 is 27.3 Å². The quantitative estimate of drug-likeness (QED) is 0.379. The number of hydrogen-bond donors (Lipinski definition) is 2. The van der Waals surface area contributed by atoms with Crippen molar-refractivity contribution in [3.63, 3.8) is 0 Å². The van der Waals surface area contributed by atoms with Crippen LogP contribution >= 0.6 is 6.57 Å². The predicted molar refractivity (Wildman–Crippen MR) is 115 cm³/mol. The summed E-state index contributed by atoms with van der Waals surface area (Å²) in [6, 6.07) is 4.53. The molecule has 0 aliphatic rings. The van der Waals surface area contributed by atoms with E-state index in [0.717, 1.165) is 23.9 Å². The normalized spacial score (nSPS) is 13.2. The number of ether oxygens (including phenoxy) is 1. The first kappa shape index (κ1) is 25.4. The van der Waals surface area contributed by atoms with Crippen LogP contribution in [0, 0.1) is 0 Å². The number of urea groups is 1. The summed E-state index contributed by atoms with van der Waals surface area (Å²) in [6.07, 6.45) is 3.78. The van der Waals surface area contributed by atoms with Gasteiger partial charge in [0.05, 0.1) is 12.0 Å². The van der Waals surface area contributed by atoms with Crippen LogP contribution in [0.1, 0.15) is 39.0 Å². The second-order valence-electron chi connectivity index (χ2n) is 6.13. The molecule has 0 aromatic heterocycles. The van der Waals surface area contributed by atoms with Crippen LogP contribution < -0.4 is 14.5 Å². The molecule has 0 aliphatic heterocycles. The Kier molecular flexibility index (Phi) is 10.0. The van der Waals surface area contributed by atoms with E-state index in [2.05, 4.69) is 12.0 Å². The van der Waals surface area contributed by atoms with Crippen LogP contribution in [0.25, 0.3) is 0 Å². The van der Waals surface area contributed by atoms with Gasteiger partial charge in [-0.2, -0.15) is 0 Å². The zero-order valence-electron chi connectivity index (χ0n) is 17.0. The topological polar surface area (TPSA) is 114 Å². The van der Waals surface area contributed by atoms with Crippen LogP contribution in [0.15, 0.2) is 29.2 Å². The Morgan fingerprint density at radius 2 is 1.79 bits per heavy atom. The maximum Gasteiger partial charge on any atom is 0.338 e. The molecular weight excluding hydrogens is 437 g/mol. The van der Waals surface area contributed by atoms with E-state index in [-0.39, 0.29) is 11.3 Å². The van der Waals surface area contributed by atoms with E-state index in [4.69, 9.17) is 21.1 Å². The minimum Gasteiger partial charge on any atom is -0.497 e. The SMILES string of the molecule is CCCCCCC(=O)OP(=S)(NC)N(C)C(=O)NS(=O)(=O)c1ccc(OC)cc1. The van der Waals surface area contributed by atoms with Gasteiger partial charge in [0.1, 0.15) is 5.75 Å². The van der Waals surface area contributed by atoms with Gasteiger partial charge < -0.3 is 9.26 Å². The minimum absolute atomic E-state index is 0.120. The van der Waals surface area contributed by atoms with Gasteiger partial charge >= 0.3 is 12.0 Å². The molecular formula is C17H28N3O6PS2. The number of hydrogen-bond acceptors (Lipinski definition) is 7. The molecule has 29 heavy (non-hydrogen) atoms. The second kappa shape index (κ2) is 11.5. The average Bonchev–Trinajstić information content (AvgIpc) is 2.70. The predicted octanol–water partition coefficient (Wildman–Crippen LogP) is 2.98. The van der Waals surface area contributed by atoms with Crippen LogP contribution in [0.4, 0.5) is 4.79 Å². The molecule has 0 aliphatic carbocycles. The first-order chi connectivity index (χ1) is 13.6. The Bertz CT molecular complexity index is 845. The van der Waals surface area contributed by atoms with Crippen molar-refractivity contribution in [2.45, 2.75) is 43.9 Å². The largest absolute Gasteiger partial charge is 0.497 e. The number of nitrogens with zero attached hydrogens (tertiary/aromatic N) is 1. The zero-order valence-corrected chi connectivity index (χ0v) is 19.5. The summed E-state index contributed by atoms with van der Waals surface area (Å²) >= 11 is 5.33. The fraction of sp³-hybridized carbons (Fsp3) is 0.529. The van der Waals surface area contributed by atoms with Crippen LogP contribution in [-0.4, -0.2) is 46.3 Å². The number of methoxy groups -OCH3 is 1. The summed E-state index contributed by atoms with van der Waals surface area (Å²) in [6.45, 7) is -1.22. The van der Waals surface area contributed by atoms with E-state index >= 15 is 0 Å². The van der Waals surface area contributed by atoms with E-state index < -0.39 is 28.6 Å². The first-order valence-corrected chi connectivity index (χ1v) is 13.2. The Hall–Kier alpha value is -1.68. The number of sulfonamides is 1. The molecule has 2 amide bonds. The van der Waals surface area contributed by atoms with E-state index in [1.807, 2.05) is 4.72 Å². The molecule has 0 heterocycles. The van der Waals surface area contributed by atoms with Gasteiger partial charge in [-0.05, 0) is 49.5 Å². The van der Waals surface area contributed by atoms with E-state index in [9.17, 15) is 18.0 Å². The van der Waals surface area contributed by atoms with Gasteiger partial charge in [-0.25, -0.2) is 23.0 Å². The molecule has 1 unspecified atom stereocenters. The highest BCUT2D eigenvalue weighted by atomic mass is 32.5. The Morgan fingerprint density at radius 3 is 2.31 bits per heavy atom. The van der Waals surface area contributed by atoms with Crippen molar-refractivity contribution in [3.8, 4) is 5.75 Å². The number of nitrogens with one attached hydrogen (secondary N) is 2. The third kappa shape index (κ3) is 7.58. The van der Waals surface area contributed by atoms with E-state index in [1.165, 1.54) is 45.5 Å². The summed E-state index contributed by atoms with van der Waals surface area (Å²) in [7, 11) is 0.0434. The number of carbonyl (C=O) groups is 2. The van der Waals surface area contributed by atoms with Crippen molar-refractivity contribution in [2.24, 2.45) is 0 Å². The van der Waals surface area contributed by atoms with E-state index in [1.54, 1.807) is 0 Å². The third-order valence-electron chi connectivity index (χ3n) is 4.02. The maximum atomic E-state index is 12.5. The summed E-state index contributed by atoms with van der Waals surface area (Å²) in [5.74, 6) is -0.0552. The van der Waals surface area contributed by atoms with Crippen LogP contribution in [0.3, 0.4) is 0 Å². The summed E-state index contributed by atoms with van der Waals surface area (Å²) in [5.41, 5.74) is 0. The lowest BCUT2D eigenvalue weighted by molar-refractivity contribution is -0.134. The maximum absolute atomic E-state index is 12.5. The van der Waals surface area contributed by atoms with Gasteiger partial charge in [-0.1, -0.05) is 26.2 Å². The van der Waals surface area contributed by atoms with Crippen molar-refractivity contribution in [2.75, 3.05) is 21.2 Å². The van der Waals surface area contributed by atoms with Gasteiger partial charge in [0, 0.05) is 13.5 Å². The molecule has 0 bridgehead atoms. The third-order valence-corrected chi connectivity index (χ3v) is 8.85. The van der Waals surface area contributed by atoms with Gasteiger partial charge in [0.25, 0.3) is 16.6 Å². The molecule has 1 rings (SSSR count). The molecule has 0 fully saturated rings. The van der Waals surface area contributed by atoms with Gasteiger partial charge in [-0.15, -0.1) is 0 Å². The lowest BCUT2D eigenvalue weighted by Crippen LogP contribution is -2.41. The summed E-state index contributed by atoms with van der Waals surface area (Å²) < 4.78 is 38.0. The van der Waals surface area contributed by atoms with Crippen molar-refractivity contribution >= 4 is 40.4 Å².